The number of nitrogens with zero attached hydrogens (tertiary/aromatic N) is 2. The first-order chi connectivity index (χ1) is 11.5. The fourth-order valence-corrected chi connectivity index (χ4v) is 2.48. The van der Waals surface area contributed by atoms with Gasteiger partial charge in [0.1, 0.15) is 5.65 Å². The number of methoxy groups -OCH3 is 1. The second-order valence-electron chi connectivity index (χ2n) is 5.21. The number of anilines is 1. The zero-order valence-corrected chi connectivity index (χ0v) is 13.8. The molecule has 0 aliphatic heterocycles. The van der Waals surface area contributed by atoms with Crippen LogP contribution in [0.5, 0.6) is 0 Å². The fourth-order valence-electron chi connectivity index (χ4n) is 2.31. The number of benzene rings is 1. The molecule has 0 saturated carbocycles. The first-order valence-corrected chi connectivity index (χ1v) is 7.50. The van der Waals surface area contributed by atoms with Crippen molar-refractivity contribution in [2.45, 2.75) is 6.92 Å². The van der Waals surface area contributed by atoms with Crippen molar-refractivity contribution in [3.05, 3.63) is 64.6 Å². The Morgan fingerprint density at radius 2 is 1.92 bits per heavy atom. The predicted octanol–water partition coefficient (Wildman–Crippen LogP) is 3.34. The number of ether oxygens (including phenoxy) is 1. The third-order valence-electron chi connectivity index (χ3n) is 3.47. The number of imidazole rings is 1. The van der Waals surface area contributed by atoms with E-state index in [0.29, 0.717) is 21.8 Å². The maximum absolute atomic E-state index is 12.4. The number of nitrogens with one attached hydrogen (secondary N) is 1. The van der Waals surface area contributed by atoms with Gasteiger partial charge < -0.3 is 14.5 Å². The van der Waals surface area contributed by atoms with Crippen LogP contribution in [0.15, 0.2) is 42.7 Å². The van der Waals surface area contributed by atoms with Gasteiger partial charge in [-0.2, -0.15) is 0 Å². The number of rotatable bonds is 3. The number of pyridine rings is 1. The third-order valence-corrected chi connectivity index (χ3v) is 3.80. The van der Waals surface area contributed by atoms with Crippen LogP contribution in [0.1, 0.15) is 26.4 Å². The third kappa shape index (κ3) is 3.09. The summed E-state index contributed by atoms with van der Waals surface area (Å²) in [5, 5.41) is 3.03. The number of aryl methyl sites for hydroxylation is 1. The summed E-state index contributed by atoms with van der Waals surface area (Å²) in [6.07, 6.45) is 3.51. The first-order valence-electron chi connectivity index (χ1n) is 7.12. The summed E-state index contributed by atoms with van der Waals surface area (Å²) >= 11 is 6.09. The molecule has 1 amide bonds. The van der Waals surface area contributed by atoms with Gasteiger partial charge in [-0.3, -0.25) is 4.79 Å². The van der Waals surface area contributed by atoms with Gasteiger partial charge in [0.15, 0.2) is 0 Å². The summed E-state index contributed by atoms with van der Waals surface area (Å²) in [5.74, 6) is -0.843. The quantitative estimate of drug-likeness (QED) is 0.740. The molecule has 0 aliphatic rings. The van der Waals surface area contributed by atoms with Crippen LogP contribution < -0.4 is 5.32 Å². The van der Waals surface area contributed by atoms with E-state index < -0.39 is 5.97 Å². The number of halogens is 1. The van der Waals surface area contributed by atoms with E-state index in [9.17, 15) is 9.59 Å². The van der Waals surface area contributed by atoms with E-state index in [0.717, 1.165) is 11.3 Å². The van der Waals surface area contributed by atoms with E-state index in [1.807, 2.05) is 13.1 Å². The Kier molecular flexibility index (Phi) is 4.22. The second kappa shape index (κ2) is 6.33. The van der Waals surface area contributed by atoms with E-state index >= 15 is 0 Å². The molecule has 0 unspecified atom stereocenters. The van der Waals surface area contributed by atoms with E-state index in [-0.39, 0.29) is 5.91 Å². The molecule has 0 saturated heterocycles. The number of fused-ring (bicyclic) bond motifs is 1. The van der Waals surface area contributed by atoms with E-state index in [2.05, 4.69) is 15.0 Å². The smallest absolute Gasteiger partial charge is 0.337 e. The van der Waals surface area contributed by atoms with Crippen molar-refractivity contribution in [1.29, 1.82) is 0 Å². The number of hydrogen-bond acceptors (Lipinski definition) is 4. The maximum atomic E-state index is 12.4. The lowest BCUT2D eigenvalue weighted by atomic mass is 10.2. The molecule has 7 heteroatoms. The Bertz CT molecular complexity index is 949. The highest BCUT2D eigenvalue weighted by Crippen LogP contribution is 2.24. The molecule has 6 nitrogen and oxygen atoms in total. The van der Waals surface area contributed by atoms with Crippen LogP contribution >= 0.6 is 11.6 Å². The molecule has 0 atom stereocenters. The van der Waals surface area contributed by atoms with Crippen LogP contribution in [0.25, 0.3) is 5.65 Å². The van der Waals surface area contributed by atoms with E-state index in [4.69, 9.17) is 11.6 Å². The van der Waals surface area contributed by atoms with Crippen LogP contribution in [-0.2, 0) is 4.74 Å². The number of carbonyl (C=O) groups is 2. The lowest BCUT2D eigenvalue weighted by Crippen LogP contribution is -2.13. The van der Waals surface area contributed by atoms with Crippen molar-refractivity contribution in [3.8, 4) is 0 Å². The minimum atomic E-state index is -0.502. The molecule has 0 fully saturated rings. The lowest BCUT2D eigenvalue weighted by Gasteiger charge is -2.09. The SMILES string of the molecule is COC(=O)c1ccc(Cl)c(NC(=O)c2ccc3nc(C)cn3c2)c1. The Morgan fingerprint density at radius 1 is 1.17 bits per heavy atom. The topological polar surface area (TPSA) is 72.7 Å². The molecular formula is C17H14ClN3O3. The zero-order valence-electron chi connectivity index (χ0n) is 13.0. The van der Waals surface area contributed by atoms with Crippen LogP contribution in [0, 0.1) is 6.92 Å². The van der Waals surface area contributed by atoms with Gasteiger partial charge in [-0.05, 0) is 37.3 Å². The predicted molar refractivity (Wildman–Crippen MR) is 90.7 cm³/mol. The number of hydrogen-bond donors (Lipinski definition) is 1. The first kappa shape index (κ1) is 16.0. The van der Waals surface area contributed by atoms with Gasteiger partial charge in [0.25, 0.3) is 5.91 Å². The van der Waals surface area contributed by atoms with Crippen molar-refractivity contribution in [2.75, 3.05) is 12.4 Å². The minimum absolute atomic E-state index is 0.304. The summed E-state index contributed by atoms with van der Waals surface area (Å²) in [6.45, 7) is 1.88. The molecule has 2 aromatic heterocycles. The molecule has 122 valence electrons. The largest absolute Gasteiger partial charge is 0.465 e. The Labute approximate surface area is 143 Å². The molecule has 2 heterocycles. The van der Waals surface area contributed by atoms with E-state index in [1.165, 1.54) is 25.3 Å². The van der Waals surface area contributed by atoms with Crippen molar-refractivity contribution < 1.29 is 14.3 Å². The Hall–Kier alpha value is -2.86. The fraction of sp³-hybridized carbons (Fsp3) is 0.118. The van der Waals surface area contributed by atoms with Gasteiger partial charge in [0.05, 0.1) is 34.6 Å². The minimum Gasteiger partial charge on any atom is -0.465 e. The van der Waals surface area contributed by atoms with Crippen LogP contribution in [0.4, 0.5) is 5.69 Å². The highest BCUT2D eigenvalue weighted by atomic mass is 35.5. The van der Waals surface area contributed by atoms with Crippen LogP contribution in [0.2, 0.25) is 5.02 Å². The summed E-state index contributed by atoms with van der Waals surface area (Å²) in [5.41, 5.74) is 2.71. The van der Waals surface area contributed by atoms with Gasteiger partial charge in [-0.15, -0.1) is 0 Å². The molecular weight excluding hydrogens is 330 g/mol. The standard InChI is InChI=1S/C17H14ClN3O3/c1-10-8-21-9-12(4-6-15(21)19-10)16(22)20-14-7-11(17(23)24-2)3-5-13(14)18/h3-9H,1-2H3,(H,20,22). The summed E-state index contributed by atoms with van der Waals surface area (Å²) in [6, 6.07) is 7.98. The monoisotopic (exact) mass is 343 g/mol. The molecule has 1 N–H and O–H groups in total. The van der Waals surface area contributed by atoms with Crippen molar-refractivity contribution in [3.63, 3.8) is 0 Å². The van der Waals surface area contributed by atoms with Crippen molar-refractivity contribution >= 4 is 34.8 Å². The second-order valence-corrected chi connectivity index (χ2v) is 5.61. The molecule has 1 aromatic carbocycles. The molecule has 24 heavy (non-hydrogen) atoms. The summed E-state index contributed by atoms with van der Waals surface area (Å²) in [4.78, 5) is 28.4. The van der Waals surface area contributed by atoms with Crippen molar-refractivity contribution in [2.24, 2.45) is 0 Å². The van der Waals surface area contributed by atoms with Gasteiger partial charge in [-0.1, -0.05) is 11.6 Å². The normalized spacial score (nSPS) is 10.6. The van der Waals surface area contributed by atoms with Gasteiger partial charge in [0, 0.05) is 12.4 Å². The summed E-state index contributed by atoms with van der Waals surface area (Å²) < 4.78 is 6.44. The van der Waals surface area contributed by atoms with Crippen LogP contribution in [0.3, 0.4) is 0 Å². The average Bonchev–Trinajstić information content (AvgIpc) is 2.95. The zero-order chi connectivity index (χ0) is 17.3. The average molecular weight is 344 g/mol. The molecule has 3 aromatic rings. The number of carbonyl (C=O) groups excluding carboxylic acids is 2. The summed E-state index contributed by atoms with van der Waals surface area (Å²) in [7, 11) is 1.29. The highest BCUT2D eigenvalue weighted by molar-refractivity contribution is 6.34. The number of amides is 1. The van der Waals surface area contributed by atoms with Gasteiger partial charge >= 0.3 is 5.97 Å². The molecule has 0 aliphatic carbocycles. The number of aromatic nitrogens is 2. The number of esters is 1. The Morgan fingerprint density at radius 3 is 2.67 bits per heavy atom. The molecule has 0 bridgehead atoms. The maximum Gasteiger partial charge on any atom is 0.337 e. The molecule has 0 spiro atoms. The van der Waals surface area contributed by atoms with Gasteiger partial charge in [-0.25, -0.2) is 9.78 Å². The van der Waals surface area contributed by atoms with E-state index in [1.54, 1.807) is 22.7 Å². The lowest BCUT2D eigenvalue weighted by molar-refractivity contribution is 0.0600. The van der Waals surface area contributed by atoms with Crippen molar-refractivity contribution in [1.82, 2.24) is 9.38 Å². The molecule has 0 radical (unpaired) electrons. The molecule has 3 rings (SSSR count). The van der Waals surface area contributed by atoms with Crippen LogP contribution in [-0.4, -0.2) is 28.4 Å². The Balaban J connectivity index is 1.89. The van der Waals surface area contributed by atoms with Gasteiger partial charge in [0.2, 0.25) is 0 Å². The highest BCUT2D eigenvalue weighted by Gasteiger charge is 2.13.